The number of rotatable bonds is 3. The van der Waals surface area contributed by atoms with Crippen molar-refractivity contribution in [2.24, 2.45) is 5.92 Å². The molecule has 1 aromatic carbocycles. The van der Waals surface area contributed by atoms with Crippen LogP contribution in [0.15, 0.2) is 18.2 Å². The number of benzene rings is 1. The monoisotopic (exact) mass is 310 g/mol. The Kier molecular flexibility index (Phi) is 4.23. The van der Waals surface area contributed by atoms with Gasteiger partial charge in [-0.05, 0) is 30.9 Å². The van der Waals surface area contributed by atoms with E-state index in [-0.39, 0.29) is 0 Å². The summed E-state index contributed by atoms with van der Waals surface area (Å²) < 4.78 is 2.38. The molecule has 0 radical (unpaired) electrons. The molecule has 0 spiro atoms. The lowest BCUT2D eigenvalue weighted by Crippen LogP contribution is -2.23. The lowest BCUT2D eigenvalue weighted by atomic mass is 9.85. The third-order valence-corrected chi connectivity index (χ3v) is 4.94. The second kappa shape index (κ2) is 5.95. The minimum absolute atomic E-state index is 0.506. The van der Waals surface area contributed by atoms with Crippen molar-refractivity contribution in [1.29, 1.82) is 0 Å². The first kappa shape index (κ1) is 14.2. The van der Waals surface area contributed by atoms with Crippen molar-refractivity contribution in [3.05, 3.63) is 29.0 Å². The van der Waals surface area contributed by atoms with Gasteiger partial charge in [-0.25, -0.2) is 4.98 Å². The highest BCUT2D eigenvalue weighted by Crippen LogP contribution is 2.38. The van der Waals surface area contributed by atoms with Gasteiger partial charge >= 0.3 is 0 Å². The maximum absolute atomic E-state index is 6.45. The quantitative estimate of drug-likeness (QED) is 0.710. The molecule has 2 unspecified atom stereocenters. The summed E-state index contributed by atoms with van der Waals surface area (Å²) >= 11 is 12.4. The molecule has 3 rings (SSSR count). The smallest absolute Gasteiger partial charge is 0.111 e. The molecule has 108 valence electrons. The van der Waals surface area contributed by atoms with E-state index in [1.165, 1.54) is 25.7 Å². The van der Waals surface area contributed by atoms with Crippen LogP contribution in [0.4, 0.5) is 0 Å². The van der Waals surface area contributed by atoms with Crippen LogP contribution >= 0.6 is 23.2 Å². The number of aromatic nitrogens is 2. The Balaban J connectivity index is 2.17. The van der Waals surface area contributed by atoms with E-state index in [0.29, 0.717) is 17.8 Å². The maximum Gasteiger partial charge on any atom is 0.111 e. The van der Waals surface area contributed by atoms with Crippen LogP contribution in [0.5, 0.6) is 0 Å². The predicted octanol–water partition coefficient (Wildman–Crippen LogP) is 5.22. The molecule has 2 nitrogen and oxygen atoms in total. The summed E-state index contributed by atoms with van der Waals surface area (Å²) in [6.07, 6.45) is 5.93. The number of alkyl halides is 1. The summed E-state index contributed by atoms with van der Waals surface area (Å²) in [5.74, 6) is 2.36. The number of aryl methyl sites for hydroxylation is 1. The number of hydrogen-bond donors (Lipinski definition) is 0. The predicted molar refractivity (Wildman–Crippen MR) is 85.8 cm³/mol. The number of nitrogens with zero attached hydrogens (tertiary/aromatic N) is 2. The zero-order valence-electron chi connectivity index (χ0n) is 11.8. The standard InChI is InChI=1S/C16H20Cl2N2/c1-11-5-2-3-8-14(11)20-15(9-10-17)19-13-7-4-6-12(18)16(13)20/h4,6-7,11,14H,2-3,5,8-10H2,1H3. The Bertz CT molecular complexity index is 606. The SMILES string of the molecule is CC1CCCCC1n1c(CCCl)nc2cccc(Cl)c21. The molecular formula is C16H20Cl2N2. The van der Waals surface area contributed by atoms with Gasteiger partial charge in [0, 0.05) is 18.3 Å². The Hall–Kier alpha value is -0.730. The first-order chi connectivity index (χ1) is 9.72. The first-order valence-corrected chi connectivity index (χ1v) is 8.35. The van der Waals surface area contributed by atoms with E-state index < -0.39 is 0 Å². The van der Waals surface area contributed by atoms with Crippen LogP contribution in [0.3, 0.4) is 0 Å². The molecule has 1 fully saturated rings. The maximum atomic E-state index is 6.45. The molecule has 0 amide bonds. The van der Waals surface area contributed by atoms with Crippen LogP contribution in [0, 0.1) is 5.92 Å². The minimum atomic E-state index is 0.506. The molecule has 0 saturated heterocycles. The van der Waals surface area contributed by atoms with Crippen LogP contribution in [-0.4, -0.2) is 15.4 Å². The Morgan fingerprint density at radius 1 is 1.30 bits per heavy atom. The van der Waals surface area contributed by atoms with Gasteiger partial charge in [0.15, 0.2) is 0 Å². The van der Waals surface area contributed by atoms with Crippen LogP contribution in [0.25, 0.3) is 11.0 Å². The lowest BCUT2D eigenvalue weighted by molar-refractivity contribution is 0.258. The van der Waals surface area contributed by atoms with Gasteiger partial charge in [-0.15, -0.1) is 11.6 Å². The van der Waals surface area contributed by atoms with Crippen LogP contribution in [0.2, 0.25) is 5.02 Å². The van der Waals surface area contributed by atoms with Crippen LogP contribution in [-0.2, 0) is 6.42 Å². The summed E-state index contributed by atoms with van der Waals surface area (Å²) in [6, 6.07) is 6.48. The summed E-state index contributed by atoms with van der Waals surface area (Å²) in [4.78, 5) is 4.77. The van der Waals surface area contributed by atoms with E-state index in [4.69, 9.17) is 28.2 Å². The van der Waals surface area contributed by atoms with E-state index in [2.05, 4.69) is 11.5 Å². The zero-order valence-corrected chi connectivity index (χ0v) is 13.3. The second-order valence-electron chi connectivity index (χ2n) is 5.77. The molecule has 20 heavy (non-hydrogen) atoms. The summed E-state index contributed by atoms with van der Waals surface area (Å²) in [6.45, 7) is 2.34. The summed E-state index contributed by atoms with van der Waals surface area (Å²) in [5, 5.41) is 0.800. The minimum Gasteiger partial charge on any atom is -0.323 e. The lowest BCUT2D eigenvalue weighted by Gasteiger charge is -2.31. The van der Waals surface area contributed by atoms with Gasteiger partial charge < -0.3 is 4.57 Å². The number of para-hydroxylation sites is 1. The Labute approximate surface area is 130 Å². The molecule has 0 aliphatic heterocycles. The molecule has 2 atom stereocenters. The van der Waals surface area contributed by atoms with Gasteiger partial charge in [0.05, 0.1) is 16.1 Å². The van der Waals surface area contributed by atoms with Crippen molar-refractivity contribution in [1.82, 2.24) is 9.55 Å². The average molecular weight is 311 g/mol. The van der Waals surface area contributed by atoms with Gasteiger partial charge in [-0.2, -0.15) is 0 Å². The number of fused-ring (bicyclic) bond motifs is 1. The average Bonchev–Trinajstić information content (AvgIpc) is 2.79. The molecular weight excluding hydrogens is 291 g/mol. The van der Waals surface area contributed by atoms with Gasteiger partial charge in [0.1, 0.15) is 5.82 Å². The van der Waals surface area contributed by atoms with Crippen LogP contribution < -0.4 is 0 Å². The van der Waals surface area contributed by atoms with Crippen LogP contribution in [0.1, 0.15) is 44.5 Å². The molecule has 1 heterocycles. The fourth-order valence-corrected chi connectivity index (χ4v) is 3.88. The summed E-state index contributed by atoms with van der Waals surface area (Å²) in [7, 11) is 0. The summed E-state index contributed by atoms with van der Waals surface area (Å²) in [5.41, 5.74) is 2.09. The fraction of sp³-hybridized carbons (Fsp3) is 0.562. The van der Waals surface area contributed by atoms with Crippen molar-refractivity contribution in [3.63, 3.8) is 0 Å². The highest BCUT2D eigenvalue weighted by Gasteiger charge is 2.27. The molecule has 1 aromatic heterocycles. The Morgan fingerprint density at radius 2 is 2.10 bits per heavy atom. The number of hydrogen-bond acceptors (Lipinski definition) is 1. The largest absolute Gasteiger partial charge is 0.323 e. The van der Waals surface area contributed by atoms with Gasteiger partial charge in [-0.1, -0.05) is 37.4 Å². The third-order valence-electron chi connectivity index (χ3n) is 4.45. The van der Waals surface area contributed by atoms with E-state index in [1.54, 1.807) is 0 Å². The van der Waals surface area contributed by atoms with Crippen molar-refractivity contribution in [2.45, 2.75) is 45.1 Å². The highest BCUT2D eigenvalue weighted by atomic mass is 35.5. The molecule has 0 N–H and O–H groups in total. The van der Waals surface area contributed by atoms with Crippen molar-refractivity contribution in [3.8, 4) is 0 Å². The third kappa shape index (κ3) is 2.44. The molecule has 1 saturated carbocycles. The Morgan fingerprint density at radius 3 is 2.85 bits per heavy atom. The van der Waals surface area contributed by atoms with E-state index in [0.717, 1.165) is 28.3 Å². The van der Waals surface area contributed by atoms with Gasteiger partial charge in [0.25, 0.3) is 0 Å². The van der Waals surface area contributed by atoms with Crippen molar-refractivity contribution < 1.29 is 0 Å². The first-order valence-electron chi connectivity index (χ1n) is 7.43. The molecule has 2 aromatic rings. The molecule has 1 aliphatic carbocycles. The van der Waals surface area contributed by atoms with E-state index in [9.17, 15) is 0 Å². The molecule has 1 aliphatic rings. The normalized spacial score (nSPS) is 23.4. The van der Waals surface area contributed by atoms with Gasteiger partial charge in [0.2, 0.25) is 0 Å². The fourth-order valence-electron chi connectivity index (χ4n) is 3.45. The molecule has 4 heteroatoms. The second-order valence-corrected chi connectivity index (χ2v) is 6.56. The number of halogens is 2. The highest BCUT2D eigenvalue weighted by molar-refractivity contribution is 6.35. The van der Waals surface area contributed by atoms with E-state index in [1.807, 2.05) is 18.2 Å². The topological polar surface area (TPSA) is 17.8 Å². The van der Waals surface area contributed by atoms with Gasteiger partial charge in [-0.3, -0.25) is 0 Å². The number of imidazole rings is 1. The molecule has 0 bridgehead atoms. The van der Waals surface area contributed by atoms with Crippen molar-refractivity contribution in [2.75, 3.05) is 5.88 Å². The zero-order chi connectivity index (χ0) is 14.1. The van der Waals surface area contributed by atoms with E-state index >= 15 is 0 Å². The van der Waals surface area contributed by atoms with Crippen molar-refractivity contribution >= 4 is 34.2 Å².